The molecule has 0 aliphatic carbocycles. The van der Waals surface area contributed by atoms with Crippen LogP contribution in [0, 0.1) is 6.92 Å². The Morgan fingerprint density at radius 1 is 1.00 bits per heavy atom. The van der Waals surface area contributed by atoms with Crippen molar-refractivity contribution < 1.29 is 4.79 Å². The highest BCUT2D eigenvalue weighted by atomic mass is 35.5. The molecule has 0 bridgehead atoms. The van der Waals surface area contributed by atoms with Crippen molar-refractivity contribution in [3.8, 4) is 0 Å². The fraction of sp³-hybridized carbons (Fsp3) is 0.100. The van der Waals surface area contributed by atoms with Crippen LogP contribution in [0.15, 0.2) is 60.8 Å². The number of carbonyl (C=O) groups excluding carboxylic acids is 1. The van der Waals surface area contributed by atoms with Gasteiger partial charge < -0.3 is 10.6 Å². The van der Waals surface area contributed by atoms with Gasteiger partial charge in [-0.1, -0.05) is 53.5 Å². The zero-order chi connectivity index (χ0) is 18.5. The predicted octanol–water partition coefficient (Wildman–Crippen LogP) is 5.62. The van der Waals surface area contributed by atoms with E-state index < -0.39 is 0 Å². The minimum absolute atomic E-state index is 0.0871. The van der Waals surface area contributed by atoms with Crippen LogP contribution in [0.4, 0.5) is 17.2 Å². The van der Waals surface area contributed by atoms with Crippen LogP contribution < -0.4 is 10.6 Å². The van der Waals surface area contributed by atoms with E-state index in [2.05, 4.69) is 15.6 Å². The number of nitrogens with one attached hydrogen (secondary N) is 2. The number of anilines is 3. The van der Waals surface area contributed by atoms with Gasteiger partial charge in [0.05, 0.1) is 34.0 Å². The van der Waals surface area contributed by atoms with Crippen molar-refractivity contribution in [2.75, 3.05) is 10.6 Å². The van der Waals surface area contributed by atoms with Gasteiger partial charge in [0, 0.05) is 0 Å². The molecule has 26 heavy (non-hydrogen) atoms. The number of aromatic nitrogens is 1. The number of aryl methyl sites for hydroxylation is 1. The Labute approximate surface area is 162 Å². The fourth-order valence-electron chi connectivity index (χ4n) is 2.47. The second kappa shape index (κ2) is 8.21. The first-order valence-electron chi connectivity index (χ1n) is 8.04. The minimum atomic E-state index is -0.0871. The van der Waals surface area contributed by atoms with Crippen molar-refractivity contribution in [2.45, 2.75) is 13.3 Å². The van der Waals surface area contributed by atoms with Gasteiger partial charge in [0.1, 0.15) is 5.82 Å². The van der Waals surface area contributed by atoms with Crippen molar-refractivity contribution in [3.05, 3.63) is 82.0 Å². The van der Waals surface area contributed by atoms with E-state index in [0.29, 0.717) is 33.7 Å². The highest BCUT2D eigenvalue weighted by Gasteiger charge is 2.08. The molecule has 6 heteroatoms. The van der Waals surface area contributed by atoms with Crippen LogP contribution >= 0.6 is 23.2 Å². The summed E-state index contributed by atoms with van der Waals surface area (Å²) < 4.78 is 0. The molecule has 132 valence electrons. The van der Waals surface area contributed by atoms with E-state index in [1.807, 2.05) is 31.2 Å². The maximum absolute atomic E-state index is 12.2. The van der Waals surface area contributed by atoms with Gasteiger partial charge in [-0.3, -0.25) is 4.79 Å². The number of pyridine rings is 1. The molecule has 0 saturated heterocycles. The van der Waals surface area contributed by atoms with Gasteiger partial charge in [0.15, 0.2) is 0 Å². The molecule has 2 N–H and O–H groups in total. The first kappa shape index (κ1) is 18.2. The summed E-state index contributed by atoms with van der Waals surface area (Å²) in [6.45, 7) is 1.99. The highest BCUT2D eigenvalue weighted by Crippen LogP contribution is 2.32. The van der Waals surface area contributed by atoms with Crippen LogP contribution in [0.25, 0.3) is 0 Å². The Hall–Kier alpha value is -2.56. The van der Waals surface area contributed by atoms with Gasteiger partial charge in [0.25, 0.3) is 0 Å². The summed E-state index contributed by atoms with van der Waals surface area (Å²) in [7, 11) is 0. The number of halogens is 2. The molecule has 0 aliphatic rings. The SMILES string of the molecule is Cc1ccccc1CC(=O)Nc1ccc(Nc2c(Cl)cccc2Cl)nc1. The summed E-state index contributed by atoms with van der Waals surface area (Å²) in [5, 5.41) is 6.95. The summed E-state index contributed by atoms with van der Waals surface area (Å²) in [6.07, 6.45) is 1.91. The lowest BCUT2D eigenvalue weighted by atomic mass is 10.1. The minimum Gasteiger partial charge on any atom is -0.338 e. The molecule has 4 nitrogen and oxygen atoms in total. The Kier molecular flexibility index (Phi) is 5.76. The summed E-state index contributed by atoms with van der Waals surface area (Å²) in [4.78, 5) is 16.5. The lowest BCUT2D eigenvalue weighted by Gasteiger charge is -2.11. The summed E-state index contributed by atoms with van der Waals surface area (Å²) >= 11 is 12.3. The van der Waals surface area contributed by atoms with Gasteiger partial charge in [-0.2, -0.15) is 0 Å². The van der Waals surface area contributed by atoms with Crippen LogP contribution in [0.5, 0.6) is 0 Å². The number of rotatable bonds is 5. The molecule has 2 aromatic carbocycles. The Morgan fingerprint density at radius 3 is 2.38 bits per heavy atom. The molecule has 3 aromatic rings. The third kappa shape index (κ3) is 4.54. The second-order valence-corrected chi connectivity index (χ2v) is 6.62. The van der Waals surface area contributed by atoms with Crippen LogP contribution in [-0.4, -0.2) is 10.9 Å². The normalized spacial score (nSPS) is 10.4. The Bertz CT molecular complexity index is 906. The van der Waals surface area contributed by atoms with E-state index in [1.54, 1.807) is 36.5 Å². The van der Waals surface area contributed by atoms with Gasteiger partial charge in [-0.15, -0.1) is 0 Å². The Balaban J connectivity index is 1.64. The molecule has 3 rings (SSSR count). The van der Waals surface area contributed by atoms with Crippen LogP contribution in [0.2, 0.25) is 10.0 Å². The molecule has 0 saturated carbocycles. The average Bonchev–Trinajstić information content (AvgIpc) is 2.62. The molecule has 0 atom stereocenters. The summed E-state index contributed by atoms with van der Waals surface area (Å²) in [5.41, 5.74) is 3.32. The number of hydrogen-bond acceptors (Lipinski definition) is 3. The lowest BCUT2D eigenvalue weighted by Crippen LogP contribution is -2.15. The zero-order valence-corrected chi connectivity index (χ0v) is 15.6. The maximum atomic E-state index is 12.2. The fourth-order valence-corrected chi connectivity index (χ4v) is 2.97. The molecule has 0 spiro atoms. The molecule has 0 fully saturated rings. The second-order valence-electron chi connectivity index (χ2n) is 5.81. The standard InChI is InChI=1S/C20H17Cl2N3O/c1-13-5-2-3-6-14(13)11-19(26)24-15-9-10-18(23-12-15)25-20-16(21)7-4-8-17(20)22/h2-10,12H,11H2,1H3,(H,23,25)(H,24,26). The lowest BCUT2D eigenvalue weighted by molar-refractivity contribution is -0.115. The molecule has 1 heterocycles. The van der Waals surface area contributed by atoms with Crippen molar-refractivity contribution >= 4 is 46.3 Å². The smallest absolute Gasteiger partial charge is 0.228 e. The third-order valence-corrected chi connectivity index (χ3v) is 4.51. The van der Waals surface area contributed by atoms with Crippen molar-refractivity contribution in [2.24, 2.45) is 0 Å². The summed E-state index contributed by atoms with van der Waals surface area (Å²) in [6, 6.07) is 16.6. The molecule has 1 aromatic heterocycles. The molecular weight excluding hydrogens is 369 g/mol. The topological polar surface area (TPSA) is 54.0 Å². The highest BCUT2D eigenvalue weighted by molar-refractivity contribution is 6.39. The van der Waals surface area contributed by atoms with Crippen molar-refractivity contribution in [1.29, 1.82) is 0 Å². The number of para-hydroxylation sites is 1. The van der Waals surface area contributed by atoms with Crippen LogP contribution in [0.1, 0.15) is 11.1 Å². The van der Waals surface area contributed by atoms with Gasteiger partial charge in [-0.05, 0) is 42.3 Å². The van der Waals surface area contributed by atoms with Crippen molar-refractivity contribution in [3.63, 3.8) is 0 Å². The van der Waals surface area contributed by atoms with Gasteiger partial charge in [-0.25, -0.2) is 4.98 Å². The van der Waals surface area contributed by atoms with E-state index in [0.717, 1.165) is 11.1 Å². The number of benzene rings is 2. The first-order chi connectivity index (χ1) is 12.5. The van der Waals surface area contributed by atoms with Crippen molar-refractivity contribution in [1.82, 2.24) is 4.98 Å². The first-order valence-corrected chi connectivity index (χ1v) is 8.80. The average molecular weight is 386 g/mol. The van der Waals surface area contributed by atoms with Crippen LogP contribution in [-0.2, 0) is 11.2 Å². The predicted molar refractivity (Wildman–Crippen MR) is 107 cm³/mol. The van der Waals surface area contributed by atoms with Crippen LogP contribution in [0.3, 0.4) is 0 Å². The van der Waals surface area contributed by atoms with E-state index in [9.17, 15) is 4.79 Å². The maximum Gasteiger partial charge on any atom is 0.228 e. The van der Waals surface area contributed by atoms with E-state index in [-0.39, 0.29) is 5.91 Å². The number of nitrogens with zero attached hydrogens (tertiary/aromatic N) is 1. The van der Waals surface area contributed by atoms with E-state index >= 15 is 0 Å². The van der Waals surface area contributed by atoms with Gasteiger partial charge >= 0.3 is 0 Å². The molecule has 1 amide bonds. The summed E-state index contributed by atoms with van der Waals surface area (Å²) in [5.74, 6) is 0.493. The van der Waals surface area contributed by atoms with E-state index in [1.165, 1.54) is 0 Å². The number of amides is 1. The monoisotopic (exact) mass is 385 g/mol. The molecule has 0 unspecified atom stereocenters. The zero-order valence-electron chi connectivity index (χ0n) is 14.1. The van der Waals surface area contributed by atoms with Gasteiger partial charge in [0.2, 0.25) is 5.91 Å². The number of hydrogen-bond donors (Lipinski definition) is 2. The largest absolute Gasteiger partial charge is 0.338 e. The van der Waals surface area contributed by atoms with E-state index in [4.69, 9.17) is 23.2 Å². The molecular formula is C20H17Cl2N3O. The Morgan fingerprint density at radius 2 is 1.73 bits per heavy atom. The molecule has 0 aliphatic heterocycles. The third-order valence-electron chi connectivity index (χ3n) is 3.88. The number of carbonyl (C=O) groups is 1. The quantitative estimate of drug-likeness (QED) is 0.598. The molecule has 0 radical (unpaired) electrons.